The van der Waals surface area contributed by atoms with Gasteiger partial charge in [-0.25, -0.2) is 9.97 Å². The van der Waals surface area contributed by atoms with E-state index in [1.807, 2.05) is 30.3 Å². The second-order valence-corrected chi connectivity index (χ2v) is 7.48. The lowest BCUT2D eigenvalue weighted by atomic mass is 9.97. The van der Waals surface area contributed by atoms with Crippen LogP contribution in [0.2, 0.25) is 10.0 Å². The molecule has 1 aliphatic heterocycles. The zero-order valence-electron chi connectivity index (χ0n) is 14.2. The molecule has 0 bridgehead atoms. The normalized spacial score (nSPS) is 17.7. The molecule has 134 valence electrons. The van der Waals surface area contributed by atoms with Crippen LogP contribution >= 0.6 is 23.2 Å². The Morgan fingerprint density at radius 3 is 2.81 bits per heavy atom. The summed E-state index contributed by atoms with van der Waals surface area (Å²) in [7, 11) is 0. The van der Waals surface area contributed by atoms with Gasteiger partial charge in [0.05, 0.1) is 20.9 Å². The van der Waals surface area contributed by atoms with Crippen LogP contribution < -0.4 is 4.90 Å². The van der Waals surface area contributed by atoms with Gasteiger partial charge >= 0.3 is 0 Å². The number of piperidine rings is 1. The third-order valence-electron chi connectivity index (χ3n) is 4.95. The molecule has 0 spiro atoms. The van der Waals surface area contributed by atoms with Crippen LogP contribution in [0.4, 0.5) is 5.82 Å². The van der Waals surface area contributed by atoms with Crippen molar-refractivity contribution < 1.29 is 5.11 Å². The van der Waals surface area contributed by atoms with E-state index in [2.05, 4.69) is 20.9 Å². The van der Waals surface area contributed by atoms with Crippen LogP contribution in [-0.2, 0) is 0 Å². The van der Waals surface area contributed by atoms with Gasteiger partial charge in [0.15, 0.2) is 0 Å². The summed E-state index contributed by atoms with van der Waals surface area (Å²) in [6.07, 6.45) is 3.71. The van der Waals surface area contributed by atoms with Crippen molar-refractivity contribution >= 4 is 39.9 Å². The van der Waals surface area contributed by atoms with E-state index in [4.69, 9.17) is 23.2 Å². The predicted octanol–water partition coefficient (Wildman–Crippen LogP) is 4.81. The first kappa shape index (κ1) is 17.5. The summed E-state index contributed by atoms with van der Waals surface area (Å²) in [5.41, 5.74) is 2.91. The van der Waals surface area contributed by atoms with Crippen molar-refractivity contribution in [2.24, 2.45) is 5.92 Å². The molecule has 2 aromatic carbocycles. The number of hydrogen-bond donors (Lipinski definition) is 1. The molecule has 1 aliphatic rings. The van der Waals surface area contributed by atoms with Gasteiger partial charge in [0.2, 0.25) is 0 Å². The van der Waals surface area contributed by atoms with Crippen molar-refractivity contribution in [2.75, 3.05) is 24.6 Å². The smallest absolute Gasteiger partial charge is 0.140 e. The lowest BCUT2D eigenvalue weighted by molar-refractivity contribution is 0.208. The summed E-state index contributed by atoms with van der Waals surface area (Å²) >= 11 is 12.3. The third-order valence-corrected chi connectivity index (χ3v) is 5.69. The van der Waals surface area contributed by atoms with E-state index in [-0.39, 0.29) is 12.5 Å². The second kappa shape index (κ2) is 7.39. The first-order valence-corrected chi connectivity index (χ1v) is 9.48. The number of rotatable bonds is 3. The first-order valence-electron chi connectivity index (χ1n) is 8.72. The molecule has 26 heavy (non-hydrogen) atoms. The van der Waals surface area contributed by atoms with E-state index in [0.29, 0.717) is 10.0 Å². The van der Waals surface area contributed by atoms with Crippen LogP contribution in [0.3, 0.4) is 0 Å². The van der Waals surface area contributed by atoms with E-state index < -0.39 is 0 Å². The van der Waals surface area contributed by atoms with E-state index >= 15 is 0 Å². The second-order valence-electron chi connectivity index (χ2n) is 6.66. The Morgan fingerprint density at radius 2 is 2.00 bits per heavy atom. The molecule has 3 aromatic rings. The summed E-state index contributed by atoms with van der Waals surface area (Å²) in [6, 6.07) is 11.7. The van der Waals surface area contributed by atoms with Crippen LogP contribution in [-0.4, -0.2) is 34.8 Å². The maximum atomic E-state index is 9.57. The highest BCUT2D eigenvalue weighted by Crippen LogP contribution is 2.37. The zero-order valence-corrected chi connectivity index (χ0v) is 15.7. The minimum absolute atomic E-state index is 0.208. The summed E-state index contributed by atoms with van der Waals surface area (Å²) in [5.74, 6) is 1.20. The van der Waals surface area contributed by atoms with Crippen molar-refractivity contribution in [3.05, 3.63) is 52.8 Å². The molecule has 1 unspecified atom stereocenters. The van der Waals surface area contributed by atoms with E-state index in [0.717, 1.165) is 53.8 Å². The van der Waals surface area contributed by atoms with Crippen molar-refractivity contribution in [3.63, 3.8) is 0 Å². The number of aromatic nitrogens is 2. The fourth-order valence-corrected chi connectivity index (χ4v) is 3.94. The standard InChI is InChI=1S/C20H19Cl2N3O/c21-16-7-6-14(9-17(16)22)15-4-1-5-18-19(15)20(24-12-23-18)25-8-2-3-13(10-25)11-26/h1,4-7,9,12-13,26H,2-3,8,10-11H2. The number of benzene rings is 2. The average molecular weight is 388 g/mol. The molecule has 0 radical (unpaired) electrons. The molecule has 0 amide bonds. The lowest BCUT2D eigenvalue weighted by Gasteiger charge is -2.33. The number of fused-ring (bicyclic) bond motifs is 1. The number of nitrogens with zero attached hydrogens (tertiary/aromatic N) is 3. The van der Waals surface area contributed by atoms with Gasteiger partial charge in [-0.1, -0.05) is 41.4 Å². The molecule has 2 heterocycles. The van der Waals surface area contributed by atoms with Crippen molar-refractivity contribution in [2.45, 2.75) is 12.8 Å². The lowest BCUT2D eigenvalue weighted by Crippen LogP contribution is -2.37. The van der Waals surface area contributed by atoms with E-state index in [1.54, 1.807) is 6.33 Å². The molecule has 6 heteroatoms. The Morgan fingerprint density at radius 1 is 1.12 bits per heavy atom. The molecule has 1 N–H and O–H groups in total. The summed E-state index contributed by atoms with van der Waals surface area (Å²) < 4.78 is 0. The summed E-state index contributed by atoms with van der Waals surface area (Å²) in [6.45, 7) is 1.94. The molecule has 0 saturated carbocycles. The number of aliphatic hydroxyl groups excluding tert-OH is 1. The molecule has 1 atom stereocenters. The SMILES string of the molecule is OCC1CCCN(c2ncnc3cccc(-c4ccc(Cl)c(Cl)c4)c23)C1. The number of anilines is 1. The molecule has 0 aliphatic carbocycles. The Hall–Kier alpha value is -1.88. The minimum atomic E-state index is 0.208. The highest BCUT2D eigenvalue weighted by atomic mass is 35.5. The quantitative estimate of drug-likeness (QED) is 0.700. The van der Waals surface area contributed by atoms with Crippen molar-refractivity contribution in [1.29, 1.82) is 0 Å². The zero-order chi connectivity index (χ0) is 18.1. The highest BCUT2D eigenvalue weighted by Gasteiger charge is 2.23. The molecule has 1 fully saturated rings. The predicted molar refractivity (Wildman–Crippen MR) is 107 cm³/mol. The molecule has 4 nitrogen and oxygen atoms in total. The Balaban J connectivity index is 1.88. The van der Waals surface area contributed by atoms with Crippen molar-refractivity contribution in [3.8, 4) is 11.1 Å². The van der Waals surface area contributed by atoms with Gasteiger partial charge in [-0.2, -0.15) is 0 Å². The van der Waals surface area contributed by atoms with Gasteiger partial charge in [0.1, 0.15) is 12.1 Å². The van der Waals surface area contributed by atoms with Crippen molar-refractivity contribution in [1.82, 2.24) is 9.97 Å². The third kappa shape index (κ3) is 3.25. The number of aliphatic hydroxyl groups is 1. The Labute approximate surface area is 162 Å². The fraction of sp³-hybridized carbons (Fsp3) is 0.300. The van der Waals surface area contributed by atoms with Crippen LogP contribution in [0.1, 0.15) is 12.8 Å². The highest BCUT2D eigenvalue weighted by molar-refractivity contribution is 6.42. The maximum absolute atomic E-state index is 9.57. The molecule has 1 aromatic heterocycles. The fourth-order valence-electron chi connectivity index (χ4n) is 3.64. The molecule has 4 rings (SSSR count). The average Bonchev–Trinajstić information content (AvgIpc) is 2.69. The van der Waals surface area contributed by atoms with E-state index in [9.17, 15) is 5.11 Å². The molecule has 1 saturated heterocycles. The number of halogens is 2. The van der Waals surface area contributed by atoms with Gasteiger partial charge < -0.3 is 10.0 Å². The summed E-state index contributed by atoms with van der Waals surface area (Å²) in [4.78, 5) is 11.3. The van der Waals surface area contributed by atoms with Gasteiger partial charge in [-0.3, -0.25) is 0 Å². The summed E-state index contributed by atoms with van der Waals surface area (Å²) in [5, 5.41) is 11.6. The monoisotopic (exact) mass is 387 g/mol. The van der Waals surface area contributed by atoms with Crippen LogP contribution in [0.5, 0.6) is 0 Å². The van der Waals surface area contributed by atoms with E-state index in [1.165, 1.54) is 0 Å². The Bertz CT molecular complexity index is 942. The van der Waals surface area contributed by atoms with Crippen LogP contribution in [0.25, 0.3) is 22.0 Å². The maximum Gasteiger partial charge on any atom is 0.140 e. The van der Waals surface area contributed by atoms with Gasteiger partial charge in [0.25, 0.3) is 0 Å². The Kier molecular flexibility index (Phi) is 4.98. The molecular formula is C20H19Cl2N3O. The van der Waals surface area contributed by atoms with Gasteiger partial charge in [-0.05, 0) is 48.1 Å². The minimum Gasteiger partial charge on any atom is -0.396 e. The van der Waals surface area contributed by atoms with Crippen LogP contribution in [0, 0.1) is 5.92 Å². The number of hydrogen-bond acceptors (Lipinski definition) is 4. The van der Waals surface area contributed by atoms with Crippen LogP contribution in [0.15, 0.2) is 42.7 Å². The van der Waals surface area contributed by atoms with Gasteiger partial charge in [-0.15, -0.1) is 0 Å². The first-order chi connectivity index (χ1) is 12.7. The molecular weight excluding hydrogens is 369 g/mol. The van der Waals surface area contributed by atoms with Gasteiger partial charge in [0, 0.05) is 19.7 Å². The topological polar surface area (TPSA) is 49.2 Å². The largest absolute Gasteiger partial charge is 0.396 e.